The third-order valence-corrected chi connectivity index (χ3v) is 3.19. The normalized spacial score (nSPS) is 12.5. The van der Waals surface area contributed by atoms with Gasteiger partial charge in [-0.1, -0.05) is 20.8 Å². The third-order valence-electron chi connectivity index (χ3n) is 3.19. The van der Waals surface area contributed by atoms with Gasteiger partial charge in [0.15, 0.2) is 0 Å². The van der Waals surface area contributed by atoms with Crippen molar-refractivity contribution in [2.24, 2.45) is 5.92 Å². The highest BCUT2D eigenvalue weighted by atomic mass is 16.5. The van der Waals surface area contributed by atoms with Gasteiger partial charge >= 0.3 is 0 Å². The van der Waals surface area contributed by atoms with E-state index in [-0.39, 0.29) is 6.04 Å². The van der Waals surface area contributed by atoms with Gasteiger partial charge in [0.05, 0.1) is 26.9 Å². The predicted molar refractivity (Wildman–Crippen MR) is 86.2 cm³/mol. The van der Waals surface area contributed by atoms with Crippen LogP contribution in [0.3, 0.4) is 0 Å². The average Bonchev–Trinajstić information content (AvgIpc) is 2.49. The molecule has 0 fully saturated rings. The second-order valence-electron chi connectivity index (χ2n) is 5.55. The lowest BCUT2D eigenvalue weighted by Gasteiger charge is -2.22. The largest absolute Gasteiger partial charge is 0.497 e. The Labute approximate surface area is 128 Å². The molecule has 1 aromatic carbocycles. The number of nitrogens with one attached hydrogen (secondary N) is 1. The molecule has 1 N–H and O–H groups in total. The van der Waals surface area contributed by atoms with E-state index in [0.29, 0.717) is 12.5 Å². The molecule has 1 atom stereocenters. The van der Waals surface area contributed by atoms with Crippen LogP contribution in [0.1, 0.15) is 38.8 Å². The van der Waals surface area contributed by atoms with Gasteiger partial charge in [-0.2, -0.15) is 0 Å². The summed E-state index contributed by atoms with van der Waals surface area (Å²) in [6.45, 7) is 8.79. The van der Waals surface area contributed by atoms with Crippen LogP contribution in [0, 0.1) is 5.92 Å². The highest BCUT2D eigenvalue weighted by Crippen LogP contribution is 2.29. The molecule has 0 aliphatic rings. The number of ether oxygens (including phenoxy) is 3. The SMILES string of the molecule is CCCNC(COCC(C)C)c1cc(OC)ccc1OC. The maximum absolute atomic E-state index is 5.82. The van der Waals surface area contributed by atoms with Gasteiger partial charge < -0.3 is 19.5 Å². The zero-order chi connectivity index (χ0) is 15.7. The summed E-state index contributed by atoms with van der Waals surface area (Å²) in [4.78, 5) is 0. The fraction of sp³-hybridized carbons (Fsp3) is 0.647. The van der Waals surface area contributed by atoms with Crippen LogP contribution in [-0.4, -0.2) is 34.0 Å². The Kier molecular flexibility index (Phi) is 8.16. The van der Waals surface area contributed by atoms with E-state index in [1.807, 2.05) is 18.2 Å². The molecule has 0 saturated heterocycles. The lowest BCUT2D eigenvalue weighted by atomic mass is 10.1. The van der Waals surface area contributed by atoms with Crippen molar-refractivity contribution in [3.63, 3.8) is 0 Å². The van der Waals surface area contributed by atoms with Crippen LogP contribution in [0.5, 0.6) is 11.5 Å². The first kappa shape index (κ1) is 17.8. The van der Waals surface area contributed by atoms with Crippen LogP contribution in [-0.2, 0) is 4.74 Å². The Morgan fingerprint density at radius 3 is 2.43 bits per heavy atom. The minimum absolute atomic E-state index is 0.105. The van der Waals surface area contributed by atoms with Gasteiger partial charge in [0.1, 0.15) is 11.5 Å². The van der Waals surface area contributed by atoms with Gasteiger partial charge in [0, 0.05) is 12.2 Å². The molecule has 0 saturated carbocycles. The van der Waals surface area contributed by atoms with Crippen molar-refractivity contribution < 1.29 is 14.2 Å². The number of hydrogen-bond donors (Lipinski definition) is 1. The van der Waals surface area contributed by atoms with E-state index in [1.54, 1.807) is 14.2 Å². The van der Waals surface area contributed by atoms with Crippen molar-refractivity contribution in [2.45, 2.75) is 33.2 Å². The second kappa shape index (κ2) is 9.64. The smallest absolute Gasteiger partial charge is 0.123 e. The summed E-state index contributed by atoms with van der Waals surface area (Å²) in [5, 5.41) is 3.52. The monoisotopic (exact) mass is 295 g/mol. The zero-order valence-corrected chi connectivity index (χ0v) is 13.9. The maximum Gasteiger partial charge on any atom is 0.123 e. The van der Waals surface area contributed by atoms with E-state index < -0.39 is 0 Å². The highest BCUT2D eigenvalue weighted by Gasteiger charge is 2.17. The van der Waals surface area contributed by atoms with Crippen molar-refractivity contribution in [2.75, 3.05) is 34.0 Å². The molecule has 1 rings (SSSR count). The van der Waals surface area contributed by atoms with Gasteiger partial charge in [0.25, 0.3) is 0 Å². The lowest BCUT2D eigenvalue weighted by Crippen LogP contribution is -2.27. The van der Waals surface area contributed by atoms with Crippen LogP contribution in [0.4, 0.5) is 0 Å². The van der Waals surface area contributed by atoms with E-state index in [0.717, 1.165) is 36.6 Å². The van der Waals surface area contributed by atoms with Crippen LogP contribution in [0.25, 0.3) is 0 Å². The van der Waals surface area contributed by atoms with Gasteiger partial charge in [-0.05, 0) is 37.1 Å². The highest BCUT2D eigenvalue weighted by molar-refractivity contribution is 5.42. The molecule has 0 aliphatic heterocycles. The number of benzene rings is 1. The quantitative estimate of drug-likeness (QED) is 0.718. The molecule has 0 spiro atoms. The molecule has 0 aromatic heterocycles. The van der Waals surface area contributed by atoms with E-state index in [9.17, 15) is 0 Å². The molecular formula is C17H29NO3. The molecule has 0 aliphatic carbocycles. The summed E-state index contributed by atoms with van der Waals surface area (Å²) in [6.07, 6.45) is 1.08. The average molecular weight is 295 g/mol. The number of hydrogen-bond acceptors (Lipinski definition) is 4. The first-order valence-corrected chi connectivity index (χ1v) is 7.65. The van der Waals surface area contributed by atoms with Crippen molar-refractivity contribution in [1.29, 1.82) is 0 Å². The molecule has 120 valence electrons. The second-order valence-corrected chi connectivity index (χ2v) is 5.55. The molecule has 0 heterocycles. The van der Waals surface area contributed by atoms with Gasteiger partial charge in [-0.3, -0.25) is 0 Å². The van der Waals surface area contributed by atoms with E-state index in [2.05, 4.69) is 26.1 Å². The lowest BCUT2D eigenvalue weighted by molar-refractivity contribution is 0.0895. The van der Waals surface area contributed by atoms with Gasteiger partial charge in [-0.25, -0.2) is 0 Å². The summed E-state index contributed by atoms with van der Waals surface area (Å²) in [5.41, 5.74) is 1.08. The number of rotatable bonds is 10. The Hall–Kier alpha value is -1.26. The Morgan fingerprint density at radius 2 is 1.86 bits per heavy atom. The van der Waals surface area contributed by atoms with Crippen LogP contribution in [0.2, 0.25) is 0 Å². The van der Waals surface area contributed by atoms with E-state index in [4.69, 9.17) is 14.2 Å². The number of methoxy groups -OCH3 is 2. The summed E-state index contributed by atoms with van der Waals surface area (Å²) in [5.74, 6) is 2.22. The molecule has 1 aromatic rings. The minimum atomic E-state index is 0.105. The predicted octanol–water partition coefficient (Wildman–Crippen LogP) is 3.42. The van der Waals surface area contributed by atoms with Crippen LogP contribution >= 0.6 is 0 Å². The van der Waals surface area contributed by atoms with Crippen molar-refractivity contribution in [1.82, 2.24) is 5.32 Å². The van der Waals surface area contributed by atoms with E-state index >= 15 is 0 Å². The van der Waals surface area contributed by atoms with Crippen molar-refractivity contribution in [3.05, 3.63) is 23.8 Å². The Morgan fingerprint density at radius 1 is 1.10 bits per heavy atom. The van der Waals surface area contributed by atoms with Crippen molar-refractivity contribution >= 4 is 0 Å². The molecule has 4 nitrogen and oxygen atoms in total. The maximum atomic E-state index is 5.82. The third kappa shape index (κ3) is 5.94. The first-order valence-electron chi connectivity index (χ1n) is 7.65. The summed E-state index contributed by atoms with van der Waals surface area (Å²) < 4.78 is 16.6. The molecule has 21 heavy (non-hydrogen) atoms. The zero-order valence-electron chi connectivity index (χ0n) is 13.9. The fourth-order valence-electron chi connectivity index (χ4n) is 2.11. The molecule has 1 unspecified atom stereocenters. The Bertz CT molecular complexity index is 407. The summed E-state index contributed by atoms with van der Waals surface area (Å²) >= 11 is 0. The molecular weight excluding hydrogens is 266 g/mol. The summed E-state index contributed by atoms with van der Waals surface area (Å²) in [6, 6.07) is 5.98. The van der Waals surface area contributed by atoms with E-state index in [1.165, 1.54) is 0 Å². The fourth-order valence-corrected chi connectivity index (χ4v) is 2.11. The summed E-state index contributed by atoms with van der Waals surface area (Å²) in [7, 11) is 3.37. The molecule has 4 heteroatoms. The molecule has 0 amide bonds. The Balaban J connectivity index is 2.88. The van der Waals surface area contributed by atoms with Gasteiger partial charge in [-0.15, -0.1) is 0 Å². The molecule has 0 bridgehead atoms. The minimum Gasteiger partial charge on any atom is -0.497 e. The molecule has 0 radical (unpaired) electrons. The standard InChI is InChI=1S/C17H29NO3/c1-6-9-18-16(12-21-11-13(2)3)15-10-14(19-4)7-8-17(15)20-5/h7-8,10,13,16,18H,6,9,11-12H2,1-5H3. The first-order chi connectivity index (χ1) is 10.1. The van der Waals surface area contributed by atoms with Gasteiger partial charge in [0.2, 0.25) is 0 Å². The topological polar surface area (TPSA) is 39.7 Å². The van der Waals surface area contributed by atoms with Crippen molar-refractivity contribution in [3.8, 4) is 11.5 Å². The van der Waals surface area contributed by atoms with Crippen LogP contribution in [0.15, 0.2) is 18.2 Å². The van der Waals surface area contributed by atoms with Crippen LogP contribution < -0.4 is 14.8 Å².